The second-order valence-corrected chi connectivity index (χ2v) is 4.84. The number of rotatable bonds is 4. The Bertz CT molecular complexity index is 480. The molecular formula is C14H19NO5S. The fourth-order valence-corrected chi connectivity index (χ4v) is 2.14. The van der Waals surface area contributed by atoms with Crippen molar-refractivity contribution in [3.63, 3.8) is 0 Å². The normalized spacial score (nSPS) is 12.7. The van der Waals surface area contributed by atoms with Crippen molar-refractivity contribution in [1.29, 1.82) is 0 Å². The molecule has 0 N–H and O–H groups in total. The summed E-state index contributed by atoms with van der Waals surface area (Å²) in [4.78, 5) is 23.4. The molecule has 1 heterocycles. The highest BCUT2D eigenvalue weighted by Gasteiger charge is 2.24. The number of carbonyl (C=O) groups excluding carboxylic acids is 2. The molecule has 0 fully saturated rings. The SMILES string of the molecule is COCC(=O)OC.CSCN1C(=O)COc2ccccc21. The van der Waals surface area contributed by atoms with Gasteiger partial charge in [-0.15, -0.1) is 11.8 Å². The highest BCUT2D eigenvalue weighted by atomic mass is 32.2. The Morgan fingerprint density at radius 3 is 2.67 bits per heavy atom. The van der Waals surface area contributed by atoms with Gasteiger partial charge in [-0.2, -0.15) is 0 Å². The molecule has 1 aliphatic heterocycles. The van der Waals surface area contributed by atoms with Crippen LogP contribution in [0.4, 0.5) is 5.69 Å². The average Bonchev–Trinajstić information content (AvgIpc) is 2.51. The van der Waals surface area contributed by atoms with Gasteiger partial charge in [0.15, 0.2) is 6.61 Å². The van der Waals surface area contributed by atoms with Crippen LogP contribution in [0, 0.1) is 0 Å². The molecule has 116 valence electrons. The van der Waals surface area contributed by atoms with E-state index >= 15 is 0 Å². The van der Waals surface area contributed by atoms with E-state index in [1.165, 1.54) is 14.2 Å². The maximum Gasteiger partial charge on any atom is 0.331 e. The van der Waals surface area contributed by atoms with Crippen molar-refractivity contribution in [3.05, 3.63) is 24.3 Å². The molecule has 0 atom stereocenters. The van der Waals surface area contributed by atoms with Crippen LogP contribution in [-0.4, -0.2) is 51.4 Å². The van der Waals surface area contributed by atoms with E-state index in [-0.39, 0.29) is 25.1 Å². The zero-order valence-corrected chi connectivity index (χ0v) is 13.1. The van der Waals surface area contributed by atoms with Gasteiger partial charge < -0.3 is 14.2 Å². The van der Waals surface area contributed by atoms with Crippen molar-refractivity contribution in [2.75, 3.05) is 44.5 Å². The number of carbonyl (C=O) groups is 2. The second-order valence-electron chi connectivity index (χ2n) is 4.01. The van der Waals surface area contributed by atoms with Gasteiger partial charge in [0.05, 0.1) is 18.7 Å². The number of methoxy groups -OCH3 is 2. The maximum absolute atomic E-state index is 11.5. The first-order chi connectivity index (χ1) is 10.1. The molecule has 1 amide bonds. The third kappa shape index (κ3) is 5.28. The van der Waals surface area contributed by atoms with Gasteiger partial charge in [-0.25, -0.2) is 4.79 Å². The van der Waals surface area contributed by atoms with Crippen LogP contribution in [0.25, 0.3) is 0 Å². The molecule has 0 spiro atoms. The third-order valence-electron chi connectivity index (χ3n) is 2.56. The molecule has 0 aromatic heterocycles. The first-order valence-electron chi connectivity index (χ1n) is 6.21. The smallest absolute Gasteiger partial charge is 0.331 e. The van der Waals surface area contributed by atoms with Crippen LogP contribution in [0.5, 0.6) is 5.75 Å². The van der Waals surface area contributed by atoms with E-state index in [9.17, 15) is 9.59 Å². The lowest BCUT2D eigenvalue weighted by Gasteiger charge is -2.28. The fourth-order valence-electron chi connectivity index (χ4n) is 1.60. The quantitative estimate of drug-likeness (QED) is 0.786. The fraction of sp³-hybridized carbons (Fsp3) is 0.429. The van der Waals surface area contributed by atoms with Crippen molar-refractivity contribution in [3.8, 4) is 5.75 Å². The molecule has 7 heteroatoms. The van der Waals surface area contributed by atoms with Gasteiger partial charge in [0, 0.05) is 7.11 Å². The minimum absolute atomic E-state index is 0.0260. The topological polar surface area (TPSA) is 65.1 Å². The number of esters is 1. The molecule has 1 aliphatic rings. The van der Waals surface area contributed by atoms with Gasteiger partial charge in [0.25, 0.3) is 5.91 Å². The number of fused-ring (bicyclic) bond motifs is 1. The highest BCUT2D eigenvalue weighted by molar-refractivity contribution is 7.98. The van der Waals surface area contributed by atoms with Crippen LogP contribution in [0.3, 0.4) is 0 Å². The van der Waals surface area contributed by atoms with Crippen LogP contribution < -0.4 is 9.64 Å². The monoisotopic (exact) mass is 313 g/mol. The lowest BCUT2D eigenvalue weighted by Crippen LogP contribution is -2.38. The average molecular weight is 313 g/mol. The number of hydrogen-bond acceptors (Lipinski definition) is 6. The lowest BCUT2D eigenvalue weighted by atomic mass is 10.2. The summed E-state index contributed by atoms with van der Waals surface area (Å²) in [5.41, 5.74) is 0.873. The molecular weight excluding hydrogens is 294 g/mol. The number of para-hydroxylation sites is 2. The van der Waals surface area contributed by atoms with Crippen molar-refractivity contribution < 1.29 is 23.8 Å². The van der Waals surface area contributed by atoms with Crippen molar-refractivity contribution in [2.24, 2.45) is 0 Å². The van der Waals surface area contributed by atoms with E-state index in [0.717, 1.165) is 11.4 Å². The summed E-state index contributed by atoms with van der Waals surface area (Å²) in [6, 6.07) is 7.61. The summed E-state index contributed by atoms with van der Waals surface area (Å²) in [5, 5.41) is 0. The summed E-state index contributed by atoms with van der Waals surface area (Å²) in [5.74, 6) is 1.15. The zero-order valence-electron chi connectivity index (χ0n) is 12.3. The first kappa shape index (κ1) is 17.3. The van der Waals surface area contributed by atoms with E-state index in [4.69, 9.17) is 4.74 Å². The number of amides is 1. The first-order valence-corrected chi connectivity index (χ1v) is 7.60. The number of benzene rings is 1. The molecule has 21 heavy (non-hydrogen) atoms. The minimum atomic E-state index is -0.345. The van der Waals surface area contributed by atoms with Crippen molar-refractivity contribution in [2.45, 2.75) is 0 Å². The number of nitrogens with zero attached hydrogens (tertiary/aromatic N) is 1. The molecule has 1 aromatic carbocycles. The number of anilines is 1. The van der Waals surface area contributed by atoms with Crippen LogP contribution in [0.15, 0.2) is 24.3 Å². The third-order valence-corrected chi connectivity index (χ3v) is 3.07. The molecule has 0 unspecified atom stereocenters. The minimum Gasteiger partial charge on any atom is -0.482 e. The molecule has 0 aliphatic carbocycles. The Kier molecular flexibility index (Phi) is 7.63. The van der Waals surface area contributed by atoms with Crippen LogP contribution in [0.1, 0.15) is 0 Å². The largest absolute Gasteiger partial charge is 0.482 e. The Morgan fingerprint density at radius 1 is 1.38 bits per heavy atom. The predicted molar refractivity (Wildman–Crippen MR) is 81.7 cm³/mol. The summed E-state index contributed by atoms with van der Waals surface area (Å²) in [6.07, 6.45) is 1.98. The molecule has 0 saturated carbocycles. The number of hydrogen-bond donors (Lipinski definition) is 0. The van der Waals surface area contributed by atoms with E-state index in [0.29, 0.717) is 5.88 Å². The summed E-state index contributed by atoms with van der Waals surface area (Å²) < 4.78 is 14.0. The second kappa shape index (κ2) is 9.25. The molecule has 1 aromatic rings. The number of ether oxygens (including phenoxy) is 3. The van der Waals surface area contributed by atoms with Crippen molar-refractivity contribution >= 4 is 29.3 Å². The molecule has 0 radical (unpaired) electrons. The number of thioether (sulfide) groups is 1. The Morgan fingerprint density at radius 2 is 2.10 bits per heavy atom. The molecule has 0 bridgehead atoms. The van der Waals surface area contributed by atoms with Gasteiger partial charge >= 0.3 is 5.97 Å². The van der Waals surface area contributed by atoms with Crippen LogP contribution >= 0.6 is 11.8 Å². The molecule has 6 nitrogen and oxygen atoms in total. The highest BCUT2D eigenvalue weighted by Crippen LogP contribution is 2.31. The molecule has 2 rings (SSSR count). The summed E-state index contributed by atoms with van der Waals surface area (Å²) in [7, 11) is 2.76. The predicted octanol–water partition coefficient (Wildman–Crippen LogP) is 1.54. The maximum atomic E-state index is 11.5. The van der Waals surface area contributed by atoms with Crippen LogP contribution in [-0.2, 0) is 19.1 Å². The zero-order chi connectivity index (χ0) is 15.7. The Balaban J connectivity index is 0.000000270. The van der Waals surface area contributed by atoms with Gasteiger partial charge in [0.1, 0.15) is 12.4 Å². The van der Waals surface area contributed by atoms with Gasteiger partial charge in [-0.3, -0.25) is 9.69 Å². The van der Waals surface area contributed by atoms with Gasteiger partial charge in [0.2, 0.25) is 0 Å². The van der Waals surface area contributed by atoms with Crippen molar-refractivity contribution in [1.82, 2.24) is 0 Å². The van der Waals surface area contributed by atoms with E-state index < -0.39 is 0 Å². The van der Waals surface area contributed by atoms with E-state index in [2.05, 4.69) is 9.47 Å². The summed E-state index contributed by atoms with van der Waals surface area (Å²) in [6.45, 7) is 0.189. The lowest BCUT2D eigenvalue weighted by molar-refractivity contribution is -0.144. The van der Waals surface area contributed by atoms with Gasteiger partial charge in [-0.1, -0.05) is 12.1 Å². The standard InChI is InChI=1S/C10H11NO2S.C4H8O3/c1-14-7-11-8-4-2-3-5-9(8)13-6-10(11)12;1-6-3-4(5)7-2/h2-5H,6-7H2,1H3;3H2,1-2H3. The van der Waals surface area contributed by atoms with E-state index in [1.807, 2.05) is 30.5 Å². The molecule has 0 saturated heterocycles. The Labute approximate surface area is 128 Å². The van der Waals surface area contributed by atoms with E-state index in [1.54, 1.807) is 16.7 Å². The Hall–Kier alpha value is -1.73. The van der Waals surface area contributed by atoms with Gasteiger partial charge in [-0.05, 0) is 18.4 Å². The van der Waals surface area contributed by atoms with Crippen LogP contribution in [0.2, 0.25) is 0 Å². The summed E-state index contributed by atoms with van der Waals surface area (Å²) >= 11 is 1.63.